The predicted molar refractivity (Wildman–Crippen MR) is 59.4 cm³/mol. The van der Waals surface area contributed by atoms with Crippen LogP contribution in [0.15, 0.2) is 0 Å². The molecule has 0 bridgehead atoms. The van der Waals surface area contributed by atoms with Crippen molar-refractivity contribution in [2.45, 2.75) is 45.3 Å². The summed E-state index contributed by atoms with van der Waals surface area (Å²) in [5.41, 5.74) is 5.44. The maximum Gasteiger partial charge on any atom is 0.323 e. The SMILES string of the molecule is CC(C)(C)OC(=O)[C@@H](N)[C@@H]1CCCNC1. The normalized spacial score (nSPS) is 24.7. The Morgan fingerprint density at radius 3 is 2.67 bits per heavy atom. The number of carbonyl (C=O) groups is 1. The standard InChI is InChI=1S/C11H22N2O2/c1-11(2,3)15-10(14)9(12)8-5-4-6-13-7-8/h8-9,13H,4-7,12H2,1-3H3/t8-,9+/m1/s1. The summed E-state index contributed by atoms with van der Waals surface area (Å²) in [6.45, 7) is 7.42. The van der Waals surface area contributed by atoms with E-state index in [-0.39, 0.29) is 11.9 Å². The van der Waals surface area contributed by atoms with Crippen LogP contribution in [-0.2, 0) is 9.53 Å². The van der Waals surface area contributed by atoms with Crippen LogP contribution in [0.1, 0.15) is 33.6 Å². The lowest BCUT2D eigenvalue weighted by atomic mass is 9.92. The molecule has 0 aromatic heterocycles. The van der Waals surface area contributed by atoms with Crippen molar-refractivity contribution < 1.29 is 9.53 Å². The Morgan fingerprint density at radius 2 is 2.20 bits per heavy atom. The summed E-state index contributed by atoms with van der Waals surface area (Å²) in [7, 11) is 0. The van der Waals surface area contributed by atoms with Gasteiger partial charge in [0.25, 0.3) is 0 Å². The van der Waals surface area contributed by atoms with E-state index in [1.807, 2.05) is 20.8 Å². The summed E-state index contributed by atoms with van der Waals surface area (Å²) in [6.07, 6.45) is 2.09. The van der Waals surface area contributed by atoms with E-state index in [1.165, 1.54) is 0 Å². The minimum absolute atomic E-state index is 0.216. The third-order valence-electron chi connectivity index (χ3n) is 2.52. The molecule has 0 saturated carbocycles. The van der Waals surface area contributed by atoms with Crippen molar-refractivity contribution >= 4 is 5.97 Å². The number of hydrogen-bond donors (Lipinski definition) is 2. The van der Waals surface area contributed by atoms with Crippen LogP contribution < -0.4 is 11.1 Å². The van der Waals surface area contributed by atoms with E-state index in [0.29, 0.717) is 0 Å². The molecule has 3 N–H and O–H groups in total. The molecule has 88 valence electrons. The van der Waals surface area contributed by atoms with E-state index in [9.17, 15) is 4.79 Å². The molecular weight excluding hydrogens is 192 g/mol. The highest BCUT2D eigenvalue weighted by Gasteiger charge is 2.29. The number of carbonyl (C=O) groups excluding carboxylic acids is 1. The second kappa shape index (κ2) is 4.94. The van der Waals surface area contributed by atoms with Crippen LogP contribution in [0.3, 0.4) is 0 Å². The van der Waals surface area contributed by atoms with Crippen LogP contribution in [0.2, 0.25) is 0 Å². The maximum absolute atomic E-state index is 11.7. The highest BCUT2D eigenvalue weighted by molar-refractivity contribution is 5.76. The molecule has 0 aliphatic carbocycles. The summed E-state index contributed by atoms with van der Waals surface area (Å²) >= 11 is 0. The van der Waals surface area contributed by atoms with Gasteiger partial charge in [-0.15, -0.1) is 0 Å². The maximum atomic E-state index is 11.7. The molecule has 0 unspecified atom stereocenters. The first-order valence-electron chi connectivity index (χ1n) is 5.59. The number of rotatable bonds is 2. The average Bonchev–Trinajstić information content (AvgIpc) is 2.15. The van der Waals surface area contributed by atoms with Crippen molar-refractivity contribution in [3.63, 3.8) is 0 Å². The molecule has 2 atom stereocenters. The Morgan fingerprint density at radius 1 is 1.53 bits per heavy atom. The first-order valence-corrected chi connectivity index (χ1v) is 5.59. The molecule has 1 aliphatic heterocycles. The van der Waals surface area contributed by atoms with Crippen molar-refractivity contribution in [3.8, 4) is 0 Å². The molecule has 1 rings (SSSR count). The second-order valence-electron chi connectivity index (χ2n) is 5.17. The van der Waals surface area contributed by atoms with E-state index in [2.05, 4.69) is 5.32 Å². The van der Waals surface area contributed by atoms with Gasteiger partial charge in [0.15, 0.2) is 0 Å². The third-order valence-corrected chi connectivity index (χ3v) is 2.52. The zero-order valence-electron chi connectivity index (χ0n) is 9.88. The monoisotopic (exact) mass is 214 g/mol. The second-order valence-corrected chi connectivity index (χ2v) is 5.17. The van der Waals surface area contributed by atoms with E-state index >= 15 is 0 Å². The molecule has 15 heavy (non-hydrogen) atoms. The quantitative estimate of drug-likeness (QED) is 0.663. The van der Waals surface area contributed by atoms with Crippen LogP contribution in [-0.4, -0.2) is 30.7 Å². The van der Waals surface area contributed by atoms with Gasteiger partial charge >= 0.3 is 5.97 Å². The Kier molecular flexibility index (Phi) is 4.11. The molecule has 0 amide bonds. The molecule has 0 radical (unpaired) electrons. The molecule has 1 aliphatic rings. The highest BCUT2D eigenvalue weighted by atomic mass is 16.6. The van der Waals surface area contributed by atoms with Gasteiger partial charge in [-0.1, -0.05) is 0 Å². The van der Waals surface area contributed by atoms with Gasteiger partial charge in [0, 0.05) is 6.54 Å². The van der Waals surface area contributed by atoms with Crippen LogP contribution in [0.4, 0.5) is 0 Å². The van der Waals surface area contributed by atoms with Crippen molar-refractivity contribution in [1.82, 2.24) is 5.32 Å². The molecule has 4 nitrogen and oxygen atoms in total. The number of nitrogens with one attached hydrogen (secondary N) is 1. The fourth-order valence-corrected chi connectivity index (χ4v) is 1.75. The van der Waals surface area contributed by atoms with Gasteiger partial charge < -0.3 is 15.8 Å². The molecule has 1 saturated heterocycles. The van der Waals surface area contributed by atoms with Gasteiger partial charge in [-0.2, -0.15) is 0 Å². The first kappa shape index (κ1) is 12.5. The van der Waals surface area contributed by atoms with Crippen molar-refractivity contribution in [2.24, 2.45) is 11.7 Å². The largest absolute Gasteiger partial charge is 0.459 e. The molecule has 0 aromatic carbocycles. The number of hydrogen-bond acceptors (Lipinski definition) is 4. The summed E-state index contributed by atoms with van der Waals surface area (Å²) in [4.78, 5) is 11.7. The number of ether oxygens (including phenoxy) is 1. The van der Waals surface area contributed by atoms with Gasteiger partial charge in [-0.25, -0.2) is 0 Å². The Bertz CT molecular complexity index is 217. The molecule has 4 heteroatoms. The summed E-state index contributed by atoms with van der Waals surface area (Å²) in [5.74, 6) is -0.0650. The topological polar surface area (TPSA) is 64.3 Å². The average molecular weight is 214 g/mol. The lowest BCUT2D eigenvalue weighted by Gasteiger charge is -2.29. The fraction of sp³-hybridized carbons (Fsp3) is 0.909. The predicted octanol–water partition coefficient (Wildman–Crippen LogP) is 0.655. The van der Waals surface area contributed by atoms with Gasteiger partial charge in [-0.05, 0) is 46.1 Å². The van der Waals surface area contributed by atoms with E-state index in [0.717, 1.165) is 25.9 Å². The molecule has 0 aromatic rings. The van der Waals surface area contributed by atoms with Crippen LogP contribution in [0.25, 0.3) is 0 Å². The lowest BCUT2D eigenvalue weighted by molar-refractivity contribution is -0.158. The van der Waals surface area contributed by atoms with Gasteiger partial charge in [0.2, 0.25) is 0 Å². The first-order chi connectivity index (χ1) is 6.90. The van der Waals surface area contributed by atoms with Gasteiger partial charge in [0.1, 0.15) is 11.6 Å². The number of piperidine rings is 1. The van der Waals surface area contributed by atoms with Crippen molar-refractivity contribution in [2.75, 3.05) is 13.1 Å². The Labute approximate surface area is 91.5 Å². The zero-order chi connectivity index (χ0) is 11.5. The van der Waals surface area contributed by atoms with E-state index in [1.54, 1.807) is 0 Å². The van der Waals surface area contributed by atoms with Gasteiger partial charge in [-0.3, -0.25) is 4.79 Å². The van der Waals surface area contributed by atoms with Crippen LogP contribution >= 0.6 is 0 Å². The van der Waals surface area contributed by atoms with E-state index in [4.69, 9.17) is 10.5 Å². The van der Waals surface area contributed by atoms with Crippen LogP contribution in [0, 0.1) is 5.92 Å². The molecule has 1 heterocycles. The molecular formula is C11H22N2O2. The van der Waals surface area contributed by atoms with Gasteiger partial charge in [0.05, 0.1) is 0 Å². The van der Waals surface area contributed by atoms with Crippen molar-refractivity contribution in [1.29, 1.82) is 0 Å². The van der Waals surface area contributed by atoms with E-state index < -0.39 is 11.6 Å². The summed E-state index contributed by atoms with van der Waals surface area (Å²) in [6, 6.07) is -0.489. The lowest BCUT2D eigenvalue weighted by Crippen LogP contribution is -2.47. The zero-order valence-corrected chi connectivity index (χ0v) is 9.88. The molecule has 0 spiro atoms. The third kappa shape index (κ3) is 4.18. The minimum atomic E-state index is -0.489. The van der Waals surface area contributed by atoms with Crippen LogP contribution in [0.5, 0.6) is 0 Å². The summed E-state index contributed by atoms with van der Waals surface area (Å²) in [5, 5.41) is 3.25. The fourth-order valence-electron chi connectivity index (χ4n) is 1.75. The Hall–Kier alpha value is -0.610. The van der Waals surface area contributed by atoms with Crippen molar-refractivity contribution in [3.05, 3.63) is 0 Å². The molecule has 1 fully saturated rings. The number of esters is 1. The highest BCUT2D eigenvalue weighted by Crippen LogP contribution is 2.16. The Balaban J connectivity index is 2.44. The minimum Gasteiger partial charge on any atom is -0.459 e. The summed E-state index contributed by atoms with van der Waals surface area (Å²) < 4.78 is 5.26. The number of nitrogens with two attached hydrogens (primary N) is 1. The smallest absolute Gasteiger partial charge is 0.323 e.